The van der Waals surface area contributed by atoms with Gasteiger partial charge in [-0.15, -0.1) is 0 Å². The summed E-state index contributed by atoms with van der Waals surface area (Å²) in [6.45, 7) is 0. The Morgan fingerprint density at radius 1 is 1.17 bits per heavy atom. The van der Waals surface area contributed by atoms with Gasteiger partial charge in [-0.25, -0.2) is 0 Å². The molecule has 0 saturated heterocycles. The quantitative estimate of drug-likeness (QED) is 0.353. The van der Waals surface area contributed by atoms with Crippen LogP contribution in [-0.2, 0) is 0 Å². The van der Waals surface area contributed by atoms with Crippen LogP contribution in [0.15, 0.2) is 0 Å². The van der Waals surface area contributed by atoms with Gasteiger partial charge in [0.05, 0.1) is 0 Å². The fraction of sp³-hybridized carbons (Fsp3) is 0. The third-order valence-corrected chi connectivity index (χ3v) is 0. The zero-order chi connectivity index (χ0) is 4.50. The Hall–Kier alpha value is 2.14. The van der Waals surface area contributed by atoms with E-state index < -0.39 is 20.1 Å². The molecule has 0 amide bonds. The van der Waals surface area contributed by atoms with Crippen molar-refractivity contribution in [3.05, 3.63) is 0 Å². The molecule has 6 heteroatoms. The van der Waals surface area contributed by atoms with Crippen LogP contribution < -0.4 is 30.4 Å². The van der Waals surface area contributed by atoms with Crippen LogP contribution in [0.25, 0.3) is 0 Å². The molecule has 4 nitrogen and oxygen atoms in total. The van der Waals surface area contributed by atoms with E-state index in [-0.39, 0.29) is 48.9 Å². The van der Waals surface area contributed by atoms with E-state index >= 15 is 0 Å². The molecule has 0 aliphatic heterocycles. The Morgan fingerprint density at radius 3 is 1.17 bits per heavy atom. The van der Waals surface area contributed by atoms with Gasteiger partial charge in [-0.2, -0.15) is 0 Å². The zero-order valence-electron chi connectivity index (χ0n) is 2.05. The monoisotopic (exact) mass is 332 g/mol. The van der Waals surface area contributed by atoms with E-state index in [4.69, 9.17) is 13.7 Å². The predicted molar refractivity (Wildman–Crippen MR) is 10.8 cm³/mol. The topological polar surface area (TPSA) is 89.4 Å². The third kappa shape index (κ3) is 35.4. The number of hydrogen-bond donors (Lipinski definition) is 1. The molecule has 0 radical (unpaired) electrons. The predicted octanol–water partition coefficient (Wildman–Crippen LogP) is -8.04. The molecule has 0 aromatic carbocycles. The van der Waals surface area contributed by atoms with E-state index in [0.29, 0.717) is 0 Å². The molecule has 36 valence electrons. The van der Waals surface area contributed by atoms with Gasteiger partial charge >= 0.3 is 69.0 Å². The molecule has 1 N–H and O–H groups in total. The van der Waals surface area contributed by atoms with E-state index in [1.54, 1.807) is 0 Å². The summed E-state index contributed by atoms with van der Waals surface area (Å²) >= 11 is -5.69. The first kappa shape index (κ1) is 11.0. The summed E-state index contributed by atoms with van der Waals surface area (Å²) in [6.07, 6.45) is 0. The summed E-state index contributed by atoms with van der Waals surface area (Å²) in [6, 6.07) is 0. The van der Waals surface area contributed by atoms with Crippen LogP contribution in [0, 0.1) is 0 Å². The molecular weight excluding hydrogens is 328 g/mol. The minimum atomic E-state index is -5.69. The third-order valence-electron chi connectivity index (χ3n) is 0. The fourth-order valence-electron chi connectivity index (χ4n) is 0. The van der Waals surface area contributed by atoms with Crippen LogP contribution in [0.5, 0.6) is 0 Å². The molecule has 0 aromatic heterocycles. The fourth-order valence-corrected chi connectivity index (χ4v) is 0. The SMILES string of the molecule is [BaH2].[O-][I+3]([O-])([O-])O. The van der Waals surface area contributed by atoms with Crippen molar-refractivity contribution >= 4 is 48.9 Å². The molecule has 6 heavy (non-hydrogen) atoms. The summed E-state index contributed by atoms with van der Waals surface area (Å²) in [5, 5.41) is 0. The molecule has 0 fully saturated rings. The van der Waals surface area contributed by atoms with Gasteiger partial charge in [-0.3, -0.25) is 10.3 Å². The summed E-state index contributed by atoms with van der Waals surface area (Å²) in [7, 11) is 0. The van der Waals surface area contributed by atoms with Gasteiger partial charge in [0.2, 0.25) is 0 Å². The first-order valence-corrected chi connectivity index (χ1v) is 4.24. The maximum atomic E-state index is 8.73. The number of rotatable bonds is 0. The molecule has 0 atom stereocenters. The van der Waals surface area contributed by atoms with Crippen LogP contribution >= 0.6 is 0 Å². The van der Waals surface area contributed by atoms with Crippen molar-refractivity contribution in [2.24, 2.45) is 0 Å². The van der Waals surface area contributed by atoms with Gasteiger partial charge in [0.25, 0.3) is 0 Å². The summed E-state index contributed by atoms with van der Waals surface area (Å²) in [5.41, 5.74) is 0. The Morgan fingerprint density at radius 2 is 1.17 bits per heavy atom. The zero-order valence-corrected chi connectivity index (χ0v) is 4.21. The Balaban J connectivity index is 0. The van der Waals surface area contributed by atoms with Crippen LogP contribution in [0.2, 0.25) is 0 Å². The standard InChI is InChI=1S/Ba.HIO4.2H/c;2-1(3,4)5;;/h;2H;;. The normalized spacial score (nSPS) is 10.0. The number of halogens is 1. The van der Waals surface area contributed by atoms with Crippen molar-refractivity contribution in [2.45, 2.75) is 0 Å². The molecule has 0 unspecified atom stereocenters. The van der Waals surface area contributed by atoms with Crippen LogP contribution in [0.4, 0.5) is 0 Å². The van der Waals surface area contributed by atoms with Crippen molar-refractivity contribution in [2.75, 3.05) is 0 Å². The minimum absolute atomic E-state index is 0. The molecule has 0 aromatic rings. The van der Waals surface area contributed by atoms with Gasteiger partial charge in [0.15, 0.2) is 0 Å². The second-order valence-corrected chi connectivity index (χ2v) is 2.66. The molecule has 0 bridgehead atoms. The maximum absolute atomic E-state index is 8.73. The largest absolute Gasteiger partial charge is 0.368 e. The molecule has 0 spiro atoms. The molecule has 0 saturated carbocycles. The second kappa shape index (κ2) is 4.06. The van der Waals surface area contributed by atoms with E-state index in [1.165, 1.54) is 0 Å². The molecule has 0 aliphatic rings. The van der Waals surface area contributed by atoms with Crippen molar-refractivity contribution in [3.8, 4) is 0 Å². The molecule has 0 aliphatic carbocycles. The van der Waals surface area contributed by atoms with Crippen molar-refractivity contribution in [1.82, 2.24) is 0 Å². The van der Waals surface area contributed by atoms with Crippen LogP contribution in [0.3, 0.4) is 0 Å². The maximum Gasteiger partial charge on any atom is 0.368 e. The Kier molecular flexibility index (Phi) is 7.46. The Labute approximate surface area is 81.0 Å². The van der Waals surface area contributed by atoms with Crippen molar-refractivity contribution in [3.63, 3.8) is 0 Å². The summed E-state index contributed by atoms with van der Waals surface area (Å²) < 4.78 is 33.2. The second-order valence-electron chi connectivity index (χ2n) is 0.396. The average molecular weight is 331 g/mol. The van der Waals surface area contributed by atoms with Crippen molar-refractivity contribution < 1.29 is 33.8 Å². The number of hydrogen-bond acceptors (Lipinski definition) is 4. The van der Waals surface area contributed by atoms with E-state index in [2.05, 4.69) is 0 Å². The van der Waals surface area contributed by atoms with Gasteiger partial charge in [-0.1, -0.05) is 0 Å². The molecular formula is H3BaIO4. The van der Waals surface area contributed by atoms with Crippen molar-refractivity contribution in [1.29, 1.82) is 0 Å². The van der Waals surface area contributed by atoms with Crippen LogP contribution in [-0.4, -0.2) is 52.3 Å². The summed E-state index contributed by atoms with van der Waals surface area (Å²) in [5.74, 6) is 0. The van der Waals surface area contributed by atoms with Gasteiger partial charge in [0, 0.05) is 3.44 Å². The van der Waals surface area contributed by atoms with E-state index in [0.717, 1.165) is 0 Å². The van der Waals surface area contributed by atoms with Gasteiger partial charge in [-0.05, 0) is 0 Å². The molecule has 0 heterocycles. The average Bonchev–Trinajstić information content (AvgIpc) is 0.722. The Bertz CT molecular complexity index is 23.0. The van der Waals surface area contributed by atoms with Gasteiger partial charge < -0.3 is 0 Å². The van der Waals surface area contributed by atoms with E-state index in [9.17, 15) is 0 Å². The first-order chi connectivity index (χ1) is 2.00. The molecule has 0 rings (SSSR count). The van der Waals surface area contributed by atoms with Crippen LogP contribution in [0.1, 0.15) is 0 Å². The first-order valence-electron chi connectivity index (χ1n) is 0.632. The van der Waals surface area contributed by atoms with Gasteiger partial charge in [0.1, 0.15) is 0 Å². The summed E-state index contributed by atoms with van der Waals surface area (Å²) in [4.78, 5) is 0. The van der Waals surface area contributed by atoms with E-state index in [1.807, 2.05) is 0 Å². The smallest absolute Gasteiger partial charge is 0.256 e. The minimum Gasteiger partial charge on any atom is -0.256 e.